The Hall–Kier alpha value is -1.30. The lowest BCUT2D eigenvalue weighted by molar-refractivity contribution is 0.586. The molecule has 90 valence electrons. The second kappa shape index (κ2) is 4.91. The van der Waals surface area contributed by atoms with Crippen molar-refractivity contribution in [1.29, 1.82) is 0 Å². The lowest BCUT2D eigenvalue weighted by atomic mass is 10.2. The van der Waals surface area contributed by atoms with Gasteiger partial charge < -0.3 is 0 Å². The third-order valence-electron chi connectivity index (χ3n) is 2.25. The molecule has 1 heterocycles. The largest absolute Gasteiger partial charge is 0.263 e. The monoisotopic (exact) mass is 301 g/mol. The number of halogens is 3. The van der Waals surface area contributed by atoms with E-state index >= 15 is 0 Å². The van der Waals surface area contributed by atoms with Crippen LogP contribution in [0.2, 0.25) is 0 Å². The minimum atomic E-state index is -0.682. The number of benzene rings is 1. The first-order valence-electron chi connectivity index (χ1n) is 5.18. The maximum atomic E-state index is 13.6. The highest BCUT2D eigenvalue weighted by atomic mass is 79.9. The Morgan fingerprint density at radius 1 is 1.29 bits per heavy atom. The summed E-state index contributed by atoms with van der Waals surface area (Å²) < 4.78 is 27.6. The van der Waals surface area contributed by atoms with Crippen molar-refractivity contribution in [3.8, 4) is 11.4 Å². The molecule has 17 heavy (non-hydrogen) atoms. The minimum Gasteiger partial charge on any atom is -0.263 e. The molecule has 0 unspecified atom stereocenters. The zero-order valence-electron chi connectivity index (χ0n) is 9.10. The standard InChI is InChI=1S/C11H10BrF2N3/c1-2-3-9-15-11(17-16-9)10-7(13)4-6(12)5-8(10)14/h4-5H,2-3H2,1H3,(H,15,16,17). The van der Waals surface area contributed by atoms with Gasteiger partial charge in [-0.25, -0.2) is 13.8 Å². The summed E-state index contributed by atoms with van der Waals surface area (Å²) in [6, 6.07) is 2.38. The van der Waals surface area contributed by atoms with Crippen LogP contribution in [0.5, 0.6) is 0 Å². The van der Waals surface area contributed by atoms with Crippen LogP contribution < -0.4 is 0 Å². The van der Waals surface area contributed by atoms with E-state index in [0.29, 0.717) is 16.7 Å². The second-order valence-electron chi connectivity index (χ2n) is 3.60. The van der Waals surface area contributed by atoms with Gasteiger partial charge in [0, 0.05) is 10.9 Å². The molecule has 2 rings (SSSR count). The van der Waals surface area contributed by atoms with Gasteiger partial charge in [-0.3, -0.25) is 5.10 Å². The molecule has 0 amide bonds. The smallest absolute Gasteiger partial charge is 0.187 e. The summed E-state index contributed by atoms with van der Waals surface area (Å²) in [7, 11) is 0. The molecule has 1 aromatic carbocycles. The fraction of sp³-hybridized carbons (Fsp3) is 0.273. The van der Waals surface area contributed by atoms with Crippen molar-refractivity contribution < 1.29 is 8.78 Å². The number of nitrogens with one attached hydrogen (secondary N) is 1. The fourth-order valence-corrected chi connectivity index (χ4v) is 1.91. The molecule has 0 aliphatic rings. The number of H-pyrrole nitrogens is 1. The van der Waals surface area contributed by atoms with Crippen LogP contribution in [0.3, 0.4) is 0 Å². The molecule has 0 radical (unpaired) electrons. The van der Waals surface area contributed by atoms with Crippen LogP contribution in [0.4, 0.5) is 8.78 Å². The molecule has 0 aliphatic carbocycles. The highest BCUT2D eigenvalue weighted by molar-refractivity contribution is 9.10. The molecule has 0 bridgehead atoms. The minimum absolute atomic E-state index is 0.0518. The molecule has 0 fully saturated rings. The quantitative estimate of drug-likeness (QED) is 0.943. The van der Waals surface area contributed by atoms with Gasteiger partial charge in [0.2, 0.25) is 0 Å². The van der Waals surface area contributed by atoms with Crippen LogP contribution >= 0.6 is 15.9 Å². The number of aromatic amines is 1. The number of hydrogen-bond donors (Lipinski definition) is 1. The summed E-state index contributed by atoms with van der Waals surface area (Å²) in [6.07, 6.45) is 1.59. The molecule has 0 saturated carbocycles. The van der Waals surface area contributed by atoms with Gasteiger partial charge in [-0.15, -0.1) is 0 Å². The van der Waals surface area contributed by atoms with Gasteiger partial charge >= 0.3 is 0 Å². The van der Waals surface area contributed by atoms with E-state index in [1.54, 1.807) is 0 Å². The highest BCUT2D eigenvalue weighted by Crippen LogP contribution is 2.26. The molecule has 1 N–H and O–H groups in total. The van der Waals surface area contributed by atoms with Crippen molar-refractivity contribution in [1.82, 2.24) is 15.2 Å². The third-order valence-corrected chi connectivity index (χ3v) is 2.71. The molecular weight excluding hydrogens is 292 g/mol. The number of aromatic nitrogens is 3. The topological polar surface area (TPSA) is 41.6 Å². The van der Waals surface area contributed by atoms with Gasteiger partial charge in [0.05, 0.1) is 5.56 Å². The molecule has 0 spiro atoms. The van der Waals surface area contributed by atoms with Gasteiger partial charge in [0.15, 0.2) is 5.82 Å². The van der Waals surface area contributed by atoms with E-state index in [2.05, 4.69) is 31.1 Å². The summed E-state index contributed by atoms with van der Waals surface area (Å²) in [5.74, 6) is -0.682. The van der Waals surface area contributed by atoms with E-state index in [1.165, 1.54) is 12.1 Å². The molecule has 1 aromatic heterocycles. The van der Waals surface area contributed by atoms with Crippen molar-refractivity contribution in [2.45, 2.75) is 19.8 Å². The Morgan fingerprint density at radius 2 is 1.94 bits per heavy atom. The van der Waals surface area contributed by atoms with Crippen molar-refractivity contribution in [2.75, 3.05) is 0 Å². The number of nitrogens with zero attached hydrogens (tertiary/aromatic N) is 2. The summed E-state index contributed by atoms with van der Waals surface area (Å²) >= 11 is 3.02. The predicted molar refractivity (Wildman–Crippen MR) is 63.4 cm³/mol. The average Bonchev–Trinajstić information content (AvgIpc) is 2.65. The molecule has 6 heteroatoms. The average molecular weight is 302 g/mol. The van der Waals surface area contributed by atoms with Crippen LogP contribution in [-0.2, 0) is 6.42 Å². The van der Waals surface area contributed by atoms with Crippen LogP contribution in [0.25, 0.3) is 11.4 Å². The molecule has 0 atom stereocenters. The molecule has 2 aromatic rings. The van der Waals surface area contributed by atoms with Gasteiger partial charge in [0.1, 0.15) is 17.5 Å². The number of hydrogen-bond acceptors (Lipinski definition) is 2. The van der Waals surface area contributed by atoms with E-state index in [1.807, 2.05) is 6.92 Å². The summed E-state index contributed by atoms with van der Waals surface area (Å²) in [4.78, 5) is 4.06. The van der Waals surface area contributed by atoms with E-state index in [4.69, 9.17) is 0 Å². The van der Waals surface area contributed by atoms with E-state index in [-0.39, 0.29) is 11.4 Å². The SMILES string of the molecule is CCCc1nc(-c2c(F)cc(Br)cc2F)n[nH]1. The molecule has 0 aliphatic heterocycles. The summed E-state index contributed by atoms with van der Waals surface area (Å²) in [5, 5.41) is 6.49. The van der Waals surface area contributed by atoms with Crippen LogP contribution in [0.15, 0.2) is 16.6 Å². The highest BCUT2D eigenvalue weighted by Gasteiger charge is 2.16. The number of aryl methyl sites for hydroxylation is 1. The van der Waals surface area contributed by atoms with E-state index in [9.17, 15) is 8.78 Å². The Balaban J connectivity index is 2.45. The third kappa shape index (κ3) is 2.52. The Morgan fingerprint density at radius 3 is 2.53 bits per heavy atom. The van der Waals surface area contributed by atoms with Crippen LogP contribution in [0, 0.1) is 11.6 Å². The first-order chi connectivity index (χ1) is 8.11. The first kappa shape index (κ1) is 12.2. The van der Waals surface area contributed by atoms with Gasteiger partial charge in [0.25, 0.3) is 0 Å². The van der Waals surface area contributed by atoms with Gasteiger partial charge in [-0.05, 0) is 18.6 Å². The van der Waals surface area contributed by atoms with E-state index < -0.39 is 11.6 Å². The Bertz CT molecular complexity index is 516. The molecular formula is C11H10BrF2N3. The maximum absolute atomic E-state index is 13.6. The van der Waals surface area contributed by atoms with Crippen LogP contribution in [-0.4, -0.2) is 15.2 Å². The summed E-state index contributed by atoms with van der Waals surface area (Å²) in [5.41, 5.74) is -0.202. The van der Waals surface area contributed by atoms with Crippen molar-refractivity contribution >= 4 is 15.9 Å². The van der Waals surface area contributed by atoms with Crippen molar-refractivity contribution in [3.05, 3.63) is 34.1 Å². The van der Waals surface area contributed by atoms with Gasteiger partial charge in [-0.1, -0.05) is 22.9 Å². The summed E-state index contributed by atoms with van der Waals surface area (Å²) in [6.45, 7) is 1.99. The fourth-order valence-electron chi connectivity index (χ4n) is 1.51. The first-order valence-corrected chi connectivity index (χ1v) is 5.97. The second-order valence-corrected chi connectivity index (χ2v) is 4.52. The van der Waals surface area contributed by atoms with Crippen LogP contribution in [0.1, 0.15) is 19.2 Å². The van der Waals surface area contributed by atoms with Crippen molar-refractivity contribution in [2.24, 2.45) is 0 Å². The predicted octanol–water partition coefficient (Wildman–Crippen LogP) is 3.46. The normalized spacial score (nSPS) is 10.8. The maximum Gasteiger partial charge on any atom is 0.187 e. The zero-order valence-corrected chi connectivity index (χ0v) is 10.7. The van der Waals surface area contributed by atoms with Crippen molar-refractivity contribution in [3.63, 3.8) is 0 Å². The zero-order chi connectivity index (χ0) is 12.4. The van der Waals surface area contributed by atoms with E-state index in [0.717, 1.165) is 6.42 Å². The number of rotatable bonds is 3. The van der Waals surface area contributed by atoms with Gasteiger partial charge in [-0.2, -0.15) is 5.10 Å². The lowest BCUT2D eigenvalue weighted by Gasteiger charge is -2.01. The molecule has 0 saturated heterocycles. The lowest BCUT2D eigenvalue weighted by Crippen LogP contribution is -1.92. The Kier molecular flexibility index (Phi) is 3.51. The molecule has 3 nitrogen and oxygen atoms in total. The Labute approximate surface area is 105 Å².